The number of thiocarbonyl (C=S) groups is 1. The number of nitrogens with one attached hydrogen (secondary N) is 2. The standard InChI is InChI=1S/C14H16N4S/c19-14(17-13-8-10-4-5-11(13)7-10)18-16-9-12-3-1-2-6-15-12/h1-6,9-11,13H,7-8H2,(H2,17,18,19)/b16-9-/t10-,11+,13+/m0/s1. The number of nitrogens with zero attached hydrogens (tertiary/aromatic N) is 2. The van der Waals surface area contributed by atoms with Crippen molar-refractivity contribution < 1.29 is 0 Å². The van der Waals surface area contributed by atoms with Crippen LogP contribution in [-0.4, -0.2) is 22.4 Å². The monoisotopic (exact) mass is 272 g/mol. The zero-order valence-corrected chi connectivity index (χ0v) is 11.3. The molecule has 2 bridgehead atoms. The Morgan fingerprint density at radius 3 is 3.00 bits per heavy atom. The fraction of sp³-hybridized carbons (Fsp3) is 0.357. The van der Waals surface area contributed by atoms with Gasteiger partial charge in [-0.05, 0) is 49.0 Å². The molecule has 2 N–H and O–H groups in total. The number of fused-ring (bicyclic) bond motifs is 2. The fourth-order valence-electron chi connectivity index (χ4n) is 2.76. The molecule has 3 rings (SSSR count). The van der Waals surface area contributed by atoms with Gasteiger partial charge in [0.1, 0.15) is 0 Å². The zero-order chi connectivity index (χ0) is 13.1. The van der Waals surface area contributed by atoms with E-state index in [0.29, 0.717) is 17.1 Å². The molecule has 0 aromatic carbocycles. The lowest BCUT2D eigenvalue weighted by molar-refractivity contribution is 0.521. The maximum absolute atomic E-state index is 5.24. The van der Waals surface area contributed by atoms with Crippen molar-refractivity contribution in [1.82, 2.24) is 15.7 Å². The van der Waals surface area contributed by atoms with Crippen LogP contribution in [0.5, 0.6) is 0 Å². The van der Waals surface area contributed by atoms with Gasteiger partial charge in [0.15, 0.2) is 5.11 Å². The molecule has 1 heterocycles. The molecule has 4 nitrogen and oxygen atoms in total. The van der Waals surface area contributed by atoms with Gasteiger partial charge in [-0.1, -0.05) is 18.2 Å². The van der Waals surface area contributed by atoms with E-state index in [9.17, 15) is 0 Å². The number of aromatic nitrogens is 1. The van der Waals surface area contributed by atoms with Crippen molar-refractivity contribution >= 4 is 23.5 Å². The summed E-state index contributed by atoms with van der Waals surface area (Å²) in [4.78, 5) is 4.15. The van der Waals surface area contributed by atoms with Gasteiger partial charge in [-0.25, -0.2) is 0 Å². The van der Waals surface area contributed by atoms with Gasteiger partial charge in [-0.2, -0.15) is 5.10 Å². The van der Waals surface area contributed by atoms with Crippen LogP contribution in [0.4, 0.5) is 0 Å². The van der Waals surface area contributed by atoms with Gasteiger partial charge in [-0.3, -0.25) is 10.4 Å². The molecule has 3 atom stereocenters. The Morgan fingerprint density at radius 2 is 2.32 bits per heavy atom. The van der Waals surface area contributed by atoms with E-state index in [1.807, 2.05) is 18.2 Å². The lowest BCUT2D eigenvalue weighted by Gasteiger charge is -2.20. The highest BCUT2D eigenvalue weighted by molar-refractivity contribution is 7.80. The number of hydrogen-bond donors (Lipinski definition) is 2. The number of hydrazone groups is 1. The minimum Gasteiger partial charge on any atom is -0.358 e. The van der Waals surface area contributed by atoms with Crippen molar-refractivity contribution in [3.05, 3.63) is 42.2 Å². The molecular formula is C14H16N4S. The largest absolute Gasteiger partial charge is 0.358 e. The molecule has 1 aromatic heterocycles. The first-order valence-corrected chi connectivity index (χ1v) is 6.91. The topological polar surface area (TPSA) is 49.3 Å². The summed E-state index contributed by atoms with van der Waals surface area (Å²) in [7, 11) is 0. The number of allylic oxidation sites excluding steroid dienone is 1. The predicted molar refractivity (Wildman–Crippen MR) is 79.8 cm³/mol. The predicted octanol–water partition coefficient (Wildman–Crippen LogP) is 1.84. The van der Waals surface area contributed by atoms with Gasteiger partial charge >= 0.3 is 0 Å². The molecule has 5 heteroatoms. The summed E-state index contributed by atoms with van der Waals surface area (Å²) in [5.41, 5.74) is 3.65. The van der Waals surface area contributed by atoms with Gasteiger partial charge < -0.3 is 5.32 Å². The van der Waals surface area contributed by atoms with Gasteiger partial charge in [0.25, 0.3) is 0 Å². The third-order valence-electron chi connectivity index (χ3n) is 3.65. The highest BCUT2D eigenvalue weighted by Crippen LogP contribution is 2.38. The second-order valence-electron chi connectivity index (χ2n) is 4.98. The van der Waals surface area contributed by atoms with Crippen molar-refractivity contribution in [2.24, 2.45) is 16.9 Å². The Morgan fingerprint density at radius 1 is 1.37 bits per heavy atom. The highest BCUT2D eigenvalue weighted by atomic mass is 32.1. The van der Waals surface area contributed by atoms with Crippen LogP contribution in [0.2, 0.25) is 0 Å². The molecular weight excluding hydrogens is 256 g/mol. The van der Waals surface area contributed by atoms with Crippen molar-refractivity contribution in [2.45, 2.75) is 18.9 Å². The summed E-state index contributed by atoms with van der Waals surface area (Å²) in [6.45, 7) is 0. The summed E-state index contributed by atoms with van der Waals surface area (Å²) in [5, 5.41) is 8.00. The van der Waals surface area contributed by atoms with Crippen LogP contribution in [-0.2, 0) is 0 Å². The molecule has 19 heavy (non-hydrogen) atoms. The normalized spacial score (nSPS) is 27.9. The van der Waals surface area contributed by atoms with E-state index in [0.717, 1.165) is 11.6 Å². The summed E-state index contributed by atoms with van der Waals surface area (Å²) in [6.07, 6.45) is 10.4. The Labute approximate surface area is 118 Å². The van der Waals surface area contributed by atoms with Crippen LogP contribution in [0.1, 0.15) is 18.5 Å². The Balaban J connectivity index is 1.47. The first kappa shape index (κ1) is 12.3. The maximum atomic E-state index is 5.24. The van der Waals surface area contributed by atoms with Crippen LogP contribution in [0.25, 0.3) is 0 Å². The molecule has 0 unspecified atom stereocenters. The summed E-state index contributed by atoms with van der Waals surface area (Å²) in [6, 6.07) is 6.15. The smallest absolute Gasteiger partial charge is 0.187 e. The summed E-state index contributed by atoms with van der Waals surface area (Å²) in [5.74, 6) is 1.37. The molecule has 1 saturated carbocycles. The maximum Gasteiger partial charge on any atom is 0.187 e. The zero-order valence-electron chi connectivity index (χ0n) is 10.5. The quantitative estimate of drug-likeness (QED) is 0.381. The van der Waals surface area contributed by atoms with E-state index in [1.165, 1.54) is 12.8 Å². The second kappa shape index (κ2) is 5.48. The molecule has 98 valence electrons. The highest BCUT2D eigenvalue weighted by Gasteiger charge is 2.35. The minimum absolute atomic E-state index is 0.458. The fourth-order valence-corrected chi connectivity index (χ4v) is 2.96. The Bertz CT molecular complexity index is 511. The van der Waals surface area contributed by atoms with E-state index in [2.05, 4.69) is 33.0 Å². The lowest BCUT2D eigenvalue weighted by atomic mass is 10.0. The van der Waals surface area contributed by atoms with Crippen molar-refractivity contribution in [2.75, 3.05) is 0 Å². The number of pyridine rings is 1. The van der Waals surface area contributed by atoms with E-state index in [-0.39, 0.29) is 0 Å². The van der Waals surface area contributed by atoms with E-state index < -0.39 is 0 Å². The van der Waals surface area contributed by atoms with Crippen molar-refractivity contribution in [1.29, 1.82) is 0 Å². The van der Waals surface area contributed by atoms with Crippen molar-refractivity contribution in [3.8, 4) is 0 Å². The van der Waals surface area contributed by atoms with Crippen LogP contribution >= 0.6 is 12.2 Å². The average molecular weight is 272 g/mol. The van der Waals surface area contributed by atoms with Crippen LogP contribution in [0, 0.1) is 11.8 Å². The van der Waals surface area contributed by atoms with Gasteiger partial charge in [0, 0.05) is 12.2 Å². The molecule has 0 spiro atoms. The van der Waals surface area contributed by atoms with Crippen LogP contribution < -0.4 is 10.7 Å². The molecule has 2 aliphatic carbocycles. The summed E-state index contributed by atoms with van der Waals surface area (Å²) < 4.78 is 0. The van der Waals surface area contributed by atoms with Gasteiger partial charge in [-0.15, -0.1) is 0 Å². The molecule has 1 aromatic rings. The average Bonchev–Trinajstić information content (AvgIpc) is 3.02. The number of hydrogen-bond acceptors (Lipinski definition) is 3. The van der Waals surface area contributed by atoms with Crippen molar-refractivity contribution in [3.63, 3.8) is 0 Å². The summed E-state index contributed by atoms with van der Waals surface area (Å²) >= 11 is 5.24. The van der Waals surface area contributed by atoms with Gasteiger partial charge in [0.2, 0.25) is 0 Å². The Kier molecular flexibility index (Phi) is 3.55. The first-order chi connectivity index (χ1) is 9.31. The minimum atomic E-state index is 0.458. The number of rotatable bonds is 3. The van der Waals surface area contributed by atoms with Crippen LogP contribution in [0.15, 0.2) is 41.6 Å². The molecule has 0 saturated heterocycles. The molecule has 1 fully saturated rings. The van der Waals surface area contributed by atoms with Gasteiger partial charge in [0.05, 0.1) is 11.9 Å². The molecule has 0 radical (unpaired) electrons. The van der Waals surface area contributed by atoms with E-state index in [4.69, 9.17) is 12.2 Å². The molecule has 2 aliphatic rings. The van der Waals surface area contributed by atoms with Crippen LogP contribution in [0.3, 0.4) is 0 Å². The Hall–Kier alpha value is -1.75. The SMILES string of the molecule is S=C(N/N=C\c1ccccn1)N[C@@H]1C[C@H]2C=C[C@@H]1C2. The third kappa shape index (κ3) is 2.98. The second-order valence-corrected chi connectivity index (χ2v) is 5.39. The molecule has 0 amide bonds. The van der Waals surface area contributed by atoms with E-state index in [1.54, 1.807) is 12.4 Å². The molecule has 0 aliphatic heterocycles. The third-order valence-corrected chi connectivity index (χ3v) is 3.86. The lowest BCUT2D eigenvalue weighted by Crippen LogP contribution is -2.42. The first-order valence-electron chi connectivity index (χ1n) is 6.50. The van der Waals surface area contributed by atoms with E-state index >= 15 is 0 Å².